The summed E-state index contributed by atoms with van der Waals surface area (Å²) in [6.07, 6.45) is 5.42. The lowest BCUT2D eigenvalue weighted by Crippen LogP contribution is -2.42. The molecule has 1 aliphatic carbocycles. The van der Waals surface area contributed by atoms with E-state index in [2.05, 4.69) is 57.3 Å². The van der Waals surface area contributed by atoms with Crippen LogP contribution in [-0.4, -0.2) is 13.1 Å². The zero-order valence-electron chi connectivity index (χ0n) is 13.7. The summed E-state index contributed by atoms with van der Waals surface area (Å²) in [5, 5.41) is 3.74. The summed E-state index contributed by atoms with van der Waals surface area (Å²) in [7, 11) is 0. The van der Waals surface area contributed by atoms with Crippen molar-refractivity contribution in [3.8, 4) is 0 Å². The smallest absolute Gasteiger partial charge is 0.00806 e. The SMILES string of the molecule is Cc1ccccc1C1(CNCC(C)C)CCC(C)CC1. The van der Waals surface area contributed by atoms with E-state index in [1.54, 1.807) is 5.56 Å². The van der Waals surface area contributed by atoms with Gasteiger partial charge < -0.3 is 5.32 Å². The maximum Gasteiger partial charge on any atom is 0.00806 e. The topological polar surface area (TPSA) is 12.0 Å². The molecule has 0 saturated heterocycles. The minimum Gasteiger partial charge on any atom is -0.316 e. The normalized spacial score (nSPS) is 26.9. The van der Waals surface area contributed by atoms with Crippen molar-refractivity contribution in [2.45, 2.75) is 58.8 Å². The molecule has 2 rings (SSSR count). The first-order valence-corrected chi connectivity index (χ1v) is 8.30. The van der Waals surface area contributed by atoms with Gasteiger partial charge in [0.15, 0.2) is 0 Å². The van der Waals surface area contributed by atoms with E-state index in [-0.39, 0.29) is 0 Å². The summed E-state index contributed by atoms with van der Waals surface area (Å²) >= 11 is 0. The number of rotatable bonds is 5. The highest BCUT2D eigenvalue weighted by Crippen LogP contribution is 2.42. The van der Waals surface area contributed by atoms with Gasteiger partial charge in [-0.2, -0.15) is 0 Å². The van der Waals surface area contributed by atoms with Crippen LogP contribution < -0.4 is 5.32 Å². The summed E-state index contributed by atoms with van der Waals surface area (Å²) in [5.41, 5.74) is 3.42. The molecule has 0 spiro atoms. The Hall–Kier alpha value is -0.820. The fourth-order valence-electron chi connectivity index (χ4n) is 3.62. The molecular formula is C19H31N. The molecule has 1 N–H and O–H groups in total. The van der Waals surface area contributed by atoms with E-state index < -0.39 is 0 Å². The Labute approximate surface area is 125 Å². The number of hydrogen-bond donors (Lipinski definition) is 1. The molecule has 0 aromatic heterocycles. The Bertz CT molecular complexity index is 414. The molecule has 1 aromatic carbocycles. The van der Waals surface area contributed by atoms with Gasteiger partial charge in [0.1, 0.15) is 0 Å². The molecule has 0 heterocycles. The van der Waals surface area contributed by atoms with Crippen molar-refractivity contribution >= 4 is 0 Å². The lowest BCUT2D eigenvalue weighted by Gasteiger charge is -2.41. The zero-order chi connectivity index (χ0) is 14.6. The van der Waals surface area contributed by atoms with Crippen LogP contribution in [0, 0.1) is 18.8 Å². The molecule has 0 atom stereocenters. The molecule has 1 saturated carbocycles. The monoisotopic (exact) mass is 273 g/mol. The van der Waals surface area contributed by atoms with Crippen LogP contribution in [0.1, 0.15) is 57.6 Å². The first kappa shape index (κ1) is 15.6. The van der Waals surface area contributed by atoms with Crippen LogP contribution in [-0.2, 0) is 5.41 Å². The molecule has 112 valence electrons. The van der Waals surface area contributed by atoms with E-state index in [4.69, 9.17) is 0 Å². The fraction of sp³-hybridized carbons (Fsp3) is 0.684. The Morgan fingerprint density at radius 2 is 1.85 bits per heavy atom. The lowest BCUT2D eigenvalue weighted by atomic mass is 9.66. The van der Waals surface area contributed by atoms with Crippen LogP contribution in [0.3, 0.4) is 0 Å². The van der Waals surface area contributed by atoms with Crippen molar-refractivity contribution in [1.82, 2.24) is 5.32 Å². The number of nitrogens with one attached hydrogen (secondary N) is 1. The van der Waals surface area contributed by atoms with Gasteiger partial charge in [-0.1, -0.05) is 45.0 Å². The van der Waals surface area contributed by atoms with Crippen molar-refractivity contribution in [2.75, 3.05) is 13.1 Å². The summed E-state index contributed by atoms with van der Waals surface area (Å²) in [6, 6.07) is 9.02. The molecule has 0 radical (unpaired) electrons. The van der Waals surface area contributed by atoms with Crippen LogP contribution >= 0.6 is 0 Å². The van der Waals surface area contributed by atoms with E-state index >= 15 is 0 Å². The molecule has 0 bridgehead atoms. The van der Waals surface area contributed by atoms with Crippen LogP contribution in [0.5, 0.6) is 0 Å². The van der Waals surface area contributed by atoms with Crippen molar-refractivity contribution in [2.24, 2.45) is 11.8 Å². The zero-order valence-corrected chi connectivity index (χ0v) is 13.7. The fourth-order valence-corrected chi connectivity index (χ4v) is 3.62. The van der Waals surface area contributed by atoms with Crippen LogP contribution in [0.15, 0.2) is 24.3 Å². The van der Waals surface area contributed by atoms with Gasteiger partial charge in [-0.3, -0.25) is 0 Å². The third kappa shape index (κ3) is 3.63. The van der Waals surface area contributed by atoms with Gasteiger partial charge in [-0.05, 0) is 62.1 Å². The Morgan fingerprint density at radius 3 is 2.45 bits per heavy atom. The van der Waals surface area contributed by atoms with Gasteiger partial charge in [0, 0.05) is 12.0 Å². The highest BCUT2D eigenvalue weighted by atomic mass is 14.9. The molecule has 1 fully saturated rings. The van der Waals surface area contributed by atoms with Gasteiger partial charge in [0.25, 0.3) is 0 Å². The first-order valence-electron chi connectivity index (χ1n) is 8.30. The highest BCUT2D eigenvalue weighted by molar-refractivity contribution is 5.34. The Kier molecular flexibility index (Phi) is 5.26. The molecule has 0 amide bonds. The summed E-state index contributed by atoms with van der Waals surface area (Å²) < 4.78 is 0. The lowest BCUT2D eigenvalue weighted by molar-refractivity contribution is 0.231. The minimum atomic E-state index is 0.368. The summed E-state index contributed by atoms with van der Waals surface area (Å²) in [6.45, 7) is 11.5. The first-order chi connectivity index (χ1) is 9.53. The third-order valence-corrected chi connectivity index (χ3v) is 4.96. The van der Waals surface area contributed by atoms with Crippen LogP contribution in [0.2, 0.25) is 0 Å². The highest BCUT2D eigenvalue weighted by Gasteiger charge is 2.36. The predicted molar refractivity (Wildman–Crippen MR) is 88.2 cm³/mol. The van der Waals surface area contributed by atoms with E-state index in [9.17, 15) is 0 Å². The van der Waals surface area contributed by atoms with Gasteiger partial charge in [0.05, 0.1) is 0 Å². The molecule has 1 aliphatic rings. The largest absolute Gasteiger partial charge is 0.316 e. The van der Waals surface area contributed by atoms with Gasteiger partial charge in [-0.25, -0.2) is 0 Å². The quantitative estimate of drug-likeness (QED) is 0.820. The number of hydrogen-bond acceptors (Lipinski definition) is 1. The molecule has 1 heteroatoms. The average molecular weight is 273 g/mol. The van der Waals surface area contributed by atoms with E-state index in [1.165, 1.54) is 31.2 Å². The molecule has 20 heavy (non-hydrogen) atoms. The van der Waals surface area contributed by atoms with Crippen molar-refractivity contribution in [3.63, 3.8) is 0 Å². The predicted octanol–water partition coefficient (Wildman–Crippen LogP) is 4.69. The van der Waals surface area contributed by atoms with Crippen LogP contribution in [0.25, 0.3) is 0 Å². The van der Waals surface area contributed by atoms with E-state index in [0.717, 1.165) is 24.9 Å². The molecule has 1 aromatic rings. The Balaban J connectivity index is 2.18. The second-order valence-electron chi connectivity index (χ2n) is 7.30. The summed E-state index contributed by atoms with van der Waals surface area (Å²) in [4.78, 5) is 0. The Morgan fingerprint density at radius 1 is 1.20 bits per heavy atom. The second kappa shape index (κ2) is 6.76. The van der Waals surface area contributed by atoms with Crippen molar-refractivity contribution < 1.29 is 0 Å². The van der Waals surface area contributed by atoms with Gasteiger partial charge >= 0.3 is 0 Å². The van der Waals surface area contributed by atoms with Gasteiger partial charge in [-0.15, -0.1) is 0 Å². The van der Waals surface area contributed by atoms with Crippen LogP contribution in [0.4, 0.5) is 0 Å². The van der Waals surface area contributed by atoms with Crippen molar-refractivity contribution in [1.29, 1.82) is 0 Å². The van der Waals surface area contributed by atoms with Gasteiger partial charge in [0.2, 0.25) is 0 Å². The standard InChI is InChI=1S/C19H31N/c1-15(2)13-20-14-19(11-9-16(3)10-12-19)18-8-6-5-7-17(18)4/h5-8,15-16,20H,9-14H2,1-4H3. The molecular weight excluding hydrogens is 242 g/mol. The van der Waals surface area contributed by atoms with E-state index in [0.29, 0.717) is 5.41 Å². The summed E-state index contributed by atoms with van der Waals surface area (Å²) in [5.74, 6) is 1.63. The molecule has 1 nitrogen and oxygen atoms in total. The maximum absolute atomic E-state index is 3.74. The van der Waals surface area contributed by atoms with Crippen molar-refractivity contribution in [3.05, 3.63) is 35.4 Å². The number of benzene rings is 1. The molecule has 0 unspecified atom stereocenters. The minimum absolute atomic E-state index is 0.368. The average Bonchev–Trinajstić information content (AvgIpc) is 2.42. The molecule has 0 aliphatic heterocycles. The number of aryl methyl sites for hydroxylation is 1. The maximum atomic E-state index is 3.74. The third-order valence-electron chi connectivity index (χ3n) is 4.96. The second-order valence-corrected chi connectivity index (χ2v) is 7.30. The van der Waals surface area contributed by atoms with E-state index in [1.807, 2.05) is 0 Å².